The van der Waals surface area contributed by atoms with Crippen molar-refractivity contribution in [2.75, 3.05) is 0 Å². The van der Waals surface area contributed by atoms with Crippen LogP contribution in [0.1, 0.15) is 24.8 Å². The van der Waals surface area contributed by atoms with Crippen molar-refractivity contribution in [3.8, 4) is 0 Å². The summed E-state index contributed by atoms with van der Waals surface area (Å²) in [5.41, 5.74) is -1.27. The van der Waals surface area contributed by atoms with E-state index in [1.54, 1.807) is 0 Å². The molecule has 2 rings (SSSR count). The lowest BCUT2D eigenvalue weighted by Crippen LogP contribution is -2.32. The van der Waals surface area contributed by atoms with Gasteiger partial charge in [-0.05, 0) is 17.7 Å². The minimum Gasteiger partial charge on any atom is -0.454 e. The van der Waals surface area contributed by atoms with E-state index in [4.69, 9.17) is 16.3 Å². The Labute approximate surface area is 107 Å². The van der Waals surface area contributed by atoms with Gasteiger partial charge in [-0.2, -0.15) is 13.2 Å². The maximum absolute atomic E-state index is 12.6. The smallest absolute Gasteiger partial charge is 0.393 e. The Morgan fingerprint density at radius 1 is 1.28 bits per heavy atom. The molecule has 1 atom stereocenters. The van der Waals surface area contributed by atoms with Gasteiger partial charge < -0.3 is 4.74 Å². The standard InChI is InChI=1S/C12H10ClF3O2/c13-9-3-1-8(2-4-9)11(7-12(14,15)16)6-5-10(17)18-11/h1-4H,5-7H2/t11-/m1/s1. The zero-order valence-corrected chi connectivity index (χ0v) is 10.0. The molecule has 0 amide bonds. The molecule has 0 aliphatic carbocycles. The van der Waals surface area contributed by atoms with E-state index in [0.29, 0.717) is 10.6 Å². The quantitative estimate of drug-likeness (QED) is 0.769. The van der Waals surface area contributed by atoms with Crippen LogP contribution in [0.5, 0.6) is 0 Å². The molecule has 1 saturated heterocycles. The topological polar surface area (TPSA) is 26.3 Å². The van der Waals surface area contributed by atoms with Gasteiger partial charge in [0.15, 0.2) is 0 Å². The third-order valence-corrected chi connectivity index (χ3v) is 3.15. The number of carbonyl (C=O) groups is 1. The van der Waals surface area contributed by atoms with E-state index in [9.17, 15) is 18.0 Å². The number of esters is 1. The lowest BCUT2D eigenvalue weighted by Gasteiger charge is -2.29. The highest BCUT2D eigenvalue weighted by Gasteiger charge is 2.49. The summed E-state index contributed by atoms with van der Waals surface area (Å²) >= 11 is 5.70. The van der Waals surface area contributed by atoms with Crippen molar-refractivity contribution in [3.63, 3.8) is 0 Å². The second kappa shape index (κ2) is 4.46. The molecule has 1 aliphatic rings. The van der Waals surface area contributed by atoms with E-state index in [1.807, 2.05) is 0 Å². The van der Waals surface area contributed by atoms with Crippen LogP contribution in [0.4, 0.5) is 13.2 Å². The molecular weight excluding hydrogens is 269 g/mol. The summed E-state index contributed by atoms with van der Waals surface area (Å²) in [7, 11) is 0. The first kappa shape index (κ1) is 13.2. The largest absolute Gasteiger partial charge is 0.454 e. The van der Waals surface area contributed by atoms with Gasteiger partial charge in [0.05, 0.1) is 6.42 Å². The Morgan fingerprint density at radius 2 is 1.89 bits per heavy atom. The third kappa shape index (κ3) is 2.77. The van der Waals surface area contributed by atoms with Crippen molar-refractivity contribution in [1.82, 2.24) is 0 Å². The van der Waals surface area contributed by atoms with Gasteiger partial charge in [-0.1, -0.05) is 23.7 Å². The first-order valence-electron chi connectivity index (χ1n) is 5.35. The number of ether oxygens (including phenoxy) is 1. The summed E-state index contributed by atoms with van der Waals surface area (Å²) in [5, 5.41) is 0.422. The molecule has 0 spiro atoms. The maximum Gasteiger partial charge on any atom is 0.393 e. The molecule has 0 aromatic heterocycles. The second-order valence-electron chi connectivity index (χ2n) is 4.27. The summed E-state index contributed by atoms with van der Waals surface area (Å²) in [5.74, 6) is -0.603. The number of carbonyl (C=O) groups excluding carboxylic acids is 1. The minimum absolute atomic E-state index is 0.00128. The summed E-state index contributed by atoms with van der Waals surface area (Å²) in [6.45, 7) is 0. The highest BCUT2D eigenvalue weighted by Crippen LogP contribution is 2.45. The summed E-state index contributed by atoms with van der Waals surface area (Å²) in [6.07, 6.45) is -5.54. The van der Waals surface area contributed by atoms with Crippen LogP contribution < -0.4 is 0 Å². The zero-order chi connectivity index (χ0) is 13.4. The predicted octanol–water partition coefficient (Wildman–Crippen LogP) is 3.82. The Balaban J connectivity index is 2.36. The molecule has 1 aliphatic heterocycles. The van der Waals surface area contributed by atoms with Crippen molar-refractivity contribution in [3.05, 3.63) is 34.9 Å². The normalized spacial score (nSPS) is 24.1. The molecule has 18 heavy (non-hydrogen) atoms. The van der Waals surface area contributed by atoms with Crippen LogP contribution in [0, 0.1) is 0 Å². The van der Waals surface area contributed by atoms with Gasteiger partial charge in [-0.15, -0.1) is 0 Å². The first-order valence-corrected chi connectivity index (χ1v) is 5.73. The molecule has 1 heterocycles. The van der Waals surface area contributed by atoms with Crippen LogP contribution in [-0.4, -0.2) is 12.1 Å². The molecule has 0 bridgehead atoms. The van der Waals surface area contributed by atoms with Crippen molar-refractivity contribution in [2.24, 2.45) is 0 Å². The number of alkyl halides is 3. The van der Waals surface area contributed by atoms with Gasteiger partial charge in [0.1, 0.15) is 5.60 Å². The number of hydrogen-bond donors (Lipinski definition) is 0. The molecule has 1 aromatic carbocycles. The first-order chi connectivity index (χ1) is 8.31. The van der Waals surface area contributed by atoms with E-state index >= 15 is 0 Å². The highest BCUT2D eigenvalue weighted by atomic mass is 35.5. The second-order valence-corrected chi connectivity index (χ2v) is 4.70. The summed E-state index contributed by atoms with van der Waals surface area (Å²) < 4.78 is 42.8. The minimum atomic E-state index is -4.40. The van der Waals surface area contributed by atoms with Crippen molar-refractivity contribution in [1.29, 1.82) is 0 Å². The number of cyclic esters (lactones) is 1. The fourth-order valence-electron chi connectivity index (χ4n) is 2.13. The van der Waals surface area contributed by atoms with E-state index < -0.39 is 24.2 Å². The zero-order valence-electron chi connectivity index (χ0n) is 9.26. The fourth-order valence-corrected chi connectivity index (χ4v) is 2.26. The van der Waals surface area contributed by atoms with Crippen LogP contribution in [0.2, 0.25) is 5.02 Å². The average molecular weight is 279 g/mol. The number of hydrogen-bond acceptors (Lipinski definition) is 2. The molecule has 1 aromatic rings. The molecular formula is C12H10ClF3O2. The van der Waals surface area contributed by atoms with Gasteiger partial charge in [0, 0.05) is 17.9 Å². The molecule has 0 saturated carbocycles. The Hall–Kier alpha value is -1.23. The maximum atomic E-state index is 12.6. The Kier molecular flexibility index (Phi) is 3.27. The van der Waals surface area contributed by atoms with Crippen molar-refractivity contribution in [2.45, 2.75) is 31.0 Å². The summed E-state index contributed by atoms with van der Waals surface area (Å²) in [4.78, 5) is 11.2. The van der Waals surface area contributed by atoms with Crippen LogP contribution in [0.25, 0.3) is 0 Å². The lowest BCUT2D eigenvalue weighted by molar-refractivity contribution is -0.187. The molecule has 2 nitrogen and oxygen atoms in total. The van der Waals surface area contributed by atoms with E-state index in [1.165, 1.54) is 24.3 Å². The van der Waals surface area contributed by atoms with Crippen molar-refractivity contribution >= 4 is 17.6 Å². The molecule has 6 heteroatoms. The third-order valence-electron chi connectivity index (χ3n) is 2.90. The van der Waals surface area contributed by atoms with Crippen LogP contribution in [0.15, 0.2) is 24.3 Å². The molecule has 98 valence electrons. The fraction of sp³-hybridized carbons (Fsp3) is 0.417. The number of rotatable bonds is 2. The van der Waals surface area contributed by atoms with Crippen LogP contribution in [0.3, 0.4) is 0 Å². The Bertz CT molecular complexity index is 455. The molecule has 1 fully saturated rings. The summed E-state index contributed by atoms with van der Waals surface area (Å²) in [6, 6.07) is 5.90. The van der Waals surface area contributed by atoms with Gasteiger partial charge in [-0.3, -0.25) is 4.79 Å². The van der Waals surface area contributed by atoms with Gasteiger partial charge >= 0.3 is 12.1 Å². The van der Waals surface area contributed by atoms with E-state index in [0.717, 1.165) is 0 Å². The van der Waals surface area contributed by atoms with Crippen molar-refractivity contribution < 1.29 is 22.7 Å². The number of halogens is 4. The van der Waals surface area contributed by atoms with E-state index in [-0.39, 0.29) is 12.8 Å². The highest BCUT2D eigenvalue weighted by molar-refractivity contribution is 6.30. The van der Waals surface area contributed by atoms with E-state index in [2.05, 4.69) is 0 Å². The average Bonchev–Trinajstić information content (AvgIpc) is 2.59. The molecule has 0 N–H and O–H groups in total. The Morgan fingerprint density at radius 3 is 2.33 bits per heavy atom. The lowest BCUT2D eigenvalue weighted by atomic mass is 9.87. The van der Waals surface area contributed by atoms with Crippen LogP contribution >= 0.6 is 11.6 Å². The van der Waals surface area contributed by atoms with Gasteiger partial charge in [-0.25, -0.2) is 0 Å². The monoisotopic (exact) mass is 278 g/mol. The van der Waals surface area contributed by atoms with Crippen LogP contribution in [-0.2, 0) is 15.1 Å². The van der Waals surface area contributed by atoms with Gasteiger partial charge in [0.25, 0.3) is 0 Å². The van der Waals surface area contributed by atoms with Gasteiger partial charge in [0.2, 0.25) is 0 Å². The number of benzene rings is 1. The predicted molar refractivity (Wildman–Crippen MR) is 59.1 cm³/mol. The SMILES string of the molecule is O=C1CC[C@@](CC(F)(F)F)(c2ccc(Cl)cc2)O1. The molecule has 0 radical (unpaired) electrons. The molecule has 0 unspecified atom stereocenters.